The van der Waals surface area contributed by atoms with E-state index in [1.54, 1.807) is 7.11 Å². The molecule has 2 rings (SSSR count). The molecule has 1 aromatic rings. The lowest BCUT2D eigenvalue weighted by atomic mass is 10.1. The molecule has 92 valence electrons. The molecule has 0 saturated heterocycles. The van der Waals surface area contributed by atoms with E-state index in [1.807, 2.05) is 31.2 Å². The third kappa shape index (κ3) is 2.78. The van der Waals surface area contributed by atoms with Crippen molar-refractivity contribution in [2.24, 2.45) is 11.8 Å². The van der Waals surface area contributed by atoms with Crippen molar-refractivity contribution >= 4 is 5.91 Å². The van der Waals surface area contributed by atoms with E-state index in [2.05, 4.69) is 12.2 Å². The molecule has 3 heteroatoms. The Labute approximate surface area is 102 Å². The lowest BCUT2D eigenvalue weighted by Crippen LogP contribution is -2.28. The number of carbonyl (C=O) groups excluding carboxylic acids is 1. The Morgan fingerprint density at radius 2 is 2.24 bits per heavy atom. The molecule has 17 heavy (non-hydrogen) atoms. The number of methoxy groups -OCH3 is 1. The van der Waals surface area contributed by atoms with Crippen LogP contribution in [0.5, 0.6) is 5.75 Å². The minimum Gasteiger partial charge on any atom is -0.497 e. The highest BCUT2D eigenvalue weighted by molar-refractivity contribution is 5.81. The molecule has 1 amide bonds. The third-order valence-electron chi connectivity index (χ3n) is 3.40. The molecule has 1 aliphatic carbocycles. The van der Waals surface area contributed by atoms with Crippen molar-refractivity contribution in [3.05, 3.63) is 29.8 Å². The highest BCUT2D eigenvalue weighted by Crippen LogP contribution is 2.38. The van der Waals surface area contributed by atoms with Gasteiger partial charge in [-0.2, -0.15) is 0 Å². The van der Waals surface area contributed by atoms with Crippen LogP contribution in [-0.4, -0.2) is 13.0 Å². The first-order valence-corrected chi connectivity index (χ1v) is 6.06. The van der Waals surface area contributed by atoms with Crippen molar-refractivity contribution in [1.82, 2.24) is 5.32 Å². The van der Waals surface area contributed by atoms with Crippen molar-refractivity contribution in [2.45, 2.75) is 26.3 Å². The normalized spacial score (nSPS) is 23.9. The first-order valence-electron chi connectivity index (χ1n) is 6.06. The van der Waals surface area contributed by atoms with Gasteiger partial charge in [0.1, 0.15) is 5.75 Å². The maximum atomic E-state index is 11.8. The summed E-state index contributed by atoms with van der Waals surface area (Å²) in [4.78, 5) is 11.8. The highest BCUT2D eigenvalue weighted by Gasteiger charge is 2.39. The van der Waals surface area contributed by atoms with E-state index in [0.29, 0.717) is 5.92 Å². The Kier molecular flexibility index (Phi) is 3.36. The van der Waals surface area contributed by atoms with Gasteiger partial charge in [0.25, 0.3) is 0 Å². The van der Waals surface area contributed by atoms with E-state index >= 15 is 0 Å². The van der Waals surface area contributed by atoms with Crippen molar-refractivity contribution in [1.29, 1.82) is 0 Å². The molecule has 1 aliphatic rings. The number of hydrogen-bond acceptors (Lipinski definition) is 2. The van der Waals surface area contributed by atoms with Crippen LogP contribution in [0.1, 0.15) is 31.9 Å². The molecule has 3 atom stereocenters. The summed E-state index contributed by atoms with van der Waals surface area (Å²) >= 11 is 0. The Morgan fingerprint density at radius 3 is 2.82 bits per heavy atom. The Bertz CT molecular complexity index is 416. The summed E-state index contributed by atoms with van der Waals surface area (Å²) in [5, 5.41) is 3.05. The van der Waals surface area contributed by atoms with Gasteiger partial charge in [0.05, 0.1) is 13.2 Å². The highest BCUT2D eigenvalue weighted by atomic mass is 16.5. The van der Waals surface area contributed by atoms with Gasteiger partial charge in [-0.05, 0) is 37.0 Å². The predicted molar refractivity (Wildman–Crippen MR) is 66.8 cm³/mol. The van der Waals surface area contributed by atoms with Gasteiger partial charge in [-0.3, -0.25) is 4.79 Å². The molecule has 0 bridgehead atoms. The van der Waals surface area contributed by atoms with Crippen molar-refractivity contribution in [3.63, 3.8) is 0 Å². The van der Waals surface area contributed by atoms with Crippen LogP contribution >= 0.6 is 0 Å². The minimum atomic E-state index is 0.0328. The van der Waals surface area contributed by atoms with Gasteiger partial charge in [-0.1, -0.05) is 19.1 Å². The second kappa shape index (κ2) is 4.78. The number of amides is 1. The van der Waals surface area contributed by atoms with Crippen LogP contribution in [0.3, 0.4) is 0 Å². The molecular formula is C14H19NO2. The summed E-state index contributed by atoms with van der Waals surface area (Å²) in [6, 6.07) is 7.84. The summed E-state index contributed by atoms with van der Waals surface area (Å²) < 4.78 is 5.17. The molecule has 3 nitrogen and oxygen atoms in total. The van der Waals surface area contributed by atoms with E-state index in [4.69, 9.17) is 4.74 Å². The molecule has 0 heterocycles. The Balaban J connectivity index is 1.98. The maximum absolute atomic E-state index is 11.8. The van der Waals surface area contributed by atoms with E-state index in [1.165, 1.54) is 0 Å². The van der Waals surface area contributed by atoms with Gasteiger partial charge in [0, 0.05) is 5.92 Å². The summed E-state index contributed by atoms with van der Waals surface area (Å²) in [6.45, 7) is 4.11. The SMILES string of the molecule is COc1cccc(C(C)NC(=O)C2CC2C)c1. The van der Waals surface area contributed by atoms with Gasteiger partial charge in [0.15, 0.2) is 0 Å². The number of hydrogen-bond donors (Lipinski definition) is 1. The monoisotopic (exact) mass is 233 g/mol. The van der Waals surface area contributed by atoms with Gasteiger partial charge in [0.2, 0.25) is 5.91 Å². The zero-order chi connectivity index (χ0) is 12.4. The standard InChI is InChI=1S/C14H19NO2/c1-9-7-13(9)14(16)15-10(2)11-5-4-6-12(8-11)17-3/h4-6,8-10,13H,7H2,1-3H3,(H,15,16). The topological polar surface area (TPSA) is 38.3 Å². The van der Waals surface area contributed by atoms with Crippen LogP contribution in [0.25, 0.3) is 0 Å². The fourth-order valence-electron chi connectivity index (χ4n) is 2.00. The largest absolute Gasteiger partial charge is 0.497 e. The van der Waals surface area contributed by atoms with Gasteiger partial charge in [-0.15, -0.1) is 0 Å². The molecule has 0 radical (unpaired) electrons. The number of nitrogens with one attached hydrogen (secondary N) is 1. The van der Waals surface area contributed by atoms with E-state index in [9.17, 15) is 4.79 Å². The van der Waals surface area contributed by atoms with Crippen LogP contribution in [0, 0.1) is 11.8 Å². The molecular weight excluding hydrogens is 214 g/mol. The maximum Gasteiger partial charge on any atom is 0.223 e. The number of ether oxygens (including phenoxy) is 1. The first kappa shape index (κ1) is 12.0. The molecule has 1 fully saturated rings. The van der Waals surface area contributed by atoms with Crippen LogP contribution in [0.2, 0.25) is 0 Å². The lowest BCUT2D eigenvalue weighted by Gasteiger charge is -2.15. The molecule has 1 aromatic carbocycles. The van der Waals surface area contributed by atoms with Crippen molar-refractivity contribution in [3.8, 4) is 5.75 Å². The number of benzene rings is 1. The van der Waals surface area contributed by atoms with Gasteiger partial charge < -0.3 is 10.1 Å². The fraction of sp³-hybridized carbons (Fsp3) is 0.500. The predicted octanol–water partition coefficient (Wildman–Crippen LogP) is 2.53. The average molecular weight is 233 g/mol. The average Bonchev–Trinajstić information content (AvgIpc) is 3.06. The second-order valence-corrected chi connectivity index (χ2v) is 4.83. The van der Waals surface area contributed by atoms with E-state index in [0.717, 1.165) is 17.7 Å². The zero-order valence-corrected chi connectivity index (χ0v) is 10.6. The minimum absolute atomic E-state index is 0.0328. The first-order chi connectivity index (χ1) is 8.11. The smallest absolute Gasteiger partial charge is 0.223 e. The molecule has 1 N–H and O–H groups in total. The molecule has 0 aliphatic heterocycles. The van der Waals surface area contributed by atoms with Gasteiger partial charge in [-0.25, -0.2) is 0 Å². The van der Waals surface area contributed by atoms with Crippen molar-refractivity contribution in [2.75, 3.05) is 7.11 Å². The van der Waals surface area contributed by atoms with Crippen LogP contribution in [-0.2, 0) is 4.79 Å². The number of rotatable bonds is 4. The fourth-order valence-corrected chi connectivity index (χ4v) is 2.00. The van der Waals surface area contributed by atoms with E-state index < -0.39 is 0 Å². The van der Waals surface area contributed by atoms with Crippen LogP contribution in [0.15, 0.2) is 24.3 Å². The quantitative estimate of drug-likeness (QED) is 0.867. The van der Waals surface area contributed by atoms with Crippen molar-refractivity contribution < 1.29 is 9.53 Å². The Morgan fingerprint density at radius 1 is 1.53 bits per heavy atom. The van der Waals surface area contributed by atoms with Crippen LogP contribution in [0.4, 0.5) is 0 Å². The molecule has 1 saturated carbocycles. The van der Waals surface area contributed by atoms with Gasteiger partial charge >= 0.3 is 0 Å². The summed E-state index contributed by atoms with van der Waals surface area (Å²) in [7, 11) is 1.65. The lowest BCUT2D eigenvalue weighted by molar-refractivity contribution is -0.123. The molecule has 0 spiro atoms. The van der Waals surface area contributed by atoms with E-state index in [-0.39, 0.29) is 17.9 Å². The number of carbonyl (C=O) groups is 1. The summed E-state index contributed by atoms with van der Waals surface area (Å²) in [5.41, 5.74) is 1.08. The Hall–Kier alpha value is -1.51. The molecule has 0 aromatic heterocycles. The van der Waals surface area contributed by atoms with Crippen LogP contribution < -0.4 is 10.1 Å². The second-order valence-electron chi connectivity index (χ2n) is 4.83. The zero-order valence-electron chi connectivity index (χ0n) is 10.6. The summed E-state index contributed by atoms with van der Waals surface area (Å²) in [5.74, 6) is 1.77. The third-order valence-corrected chi connectivity index (χ3v) is 3.40. The molecule has 3 unspecified atom stereocenters. The summed E-state index contributed by atoms with van der Waals surface area (Å²) in [6.07, 6.45) is 1.02.